The van der Waals surface area contributed by atoms with Crippen molar-refractivity contribution in [3.63, 3.8) is 0 Å². The summed E-state index contributed by atoms with van der Waals surface area (Å²) in [6, 6.07) is 12.0. The lowest BCUT2D eigenvalue weighted by atomic mass is 10.2. The van der Waals surface area contributed by atoms with E-state index in [0.29, 0.717) is 10.6 Å². The summed E-state index contributed by atoms with van der Waals surface area (Å²) in [5.41, 5.74) is 0.504. The smallest absolute Gasteiger partial charge is 0.242 e. The van der Waals surface area contributed by atoms with Crippen LogP contribution in [0.2, 0.25) is 5.02 Å². The largest absolute Gasteiger partial charge is 0.338 e. The number of benzene rings is 2. The van der Waals surface area contributed by atoms with Gasteiger partial charge in [0.05, 0.1) is 5.69 Å². The van der Waals surface area contributed by atoms with Crippen molar-refractivity contribution in [2.75, 3.05) is 11.1 Å². The third-order valence-corrected chi connectivity index (χ3v) is 5.05. The van der Waals surface area contributed by atoms with E-state index in [1.54, 1.807) is 24.3 Å². The number of rotatable bonds is 6. The van der Waals surface area contributed by atoms with Gasteiger partial charge in [0.25, 0.3) is 0 Å². The number of amides is 1. The first kappa shape index (κ1) is 19.0. The van der Waals surface area contributed by atoms with Gasteiger partial charge < -0.3 is 9.84 Å². The molecule has 3 aromatic rings. The third-order valence-electron chi connectivity index (χ3n) is 3.41. The van der Waals surface area contributed by atoms with Crippen molar-refractivity contribution in [1.82, 2.24) is 10.1 Å². The first-order chi connectivity index (χ1) is 12.8. The maximum Gasteiger partial charge on any atom is 0.242 e. The van der Waals surface area contributed by atoms with E-state index in [4.69, 9.17) is 16.1 Å². The van der Waals surface area contributed by atoms with Crippen LogP contribution in [0.15, 0.2) is 53.1 Å². The first-order valence-electron chi connectivity index (χ1n) is 7.66. The van der Waals surface area contributed by atoms with Crippen LogP contribution in [0.1, 0.15) is 5.89 Å². The van der Waals surface area contributed by atoms with E-state index in [1.807, 2.05) is 0 Å². The van der Waals surface area contributed by atoms with Crippen molar-refractivity contribution in [3.8, 4) is 11.4 Å². The molecule has 27 heavy (non-hydrogen) atoms. The van der Waals surface area contributed by atoms with Gasteiger partial charge in [-0.05, 0) is 36.4 Å². The lowest BCUT2D eigenvalue weighted by molar-refractivity contribution is -0.113. The molecule has 0 aliphatic rings. The van der Waals surface area contributed by atoms with Crippen molar-refractivity contribution < 1.29 is 22.1 Å². The summed E-state index contributed by atoms with van der Waals surface area (Å²) in [4.78, 5) is 15.9. The van der Waals surface area contributed by atoms with Crippen LogP contribution in [-0.2, 0) is 20.4 Å². The highest BCUT2D eigenvalue weighted by Gasteiger charge is 2.22. The van der Waals surface area contributed by atoms with E-state index < -0.39 is 33.1 Å². The molecular formula is C17H13ClFN3O4S. The molecule has 0 aliphatic carbocycles. The molecule has 0 aliphatic heterocycles. The molecule has 0 saturated heterocycles. The number of carbonyl (C=O) groups is 1. The van der Waals surface area contributed by atoms with Gasteiger partial charge in [-0.3, -0.25) is 4.79 Å². The van der Waals surface area contributed by atoms with E-state index in [9.17, 15) is 17.6 Å². The number of nitrogens with one attached hydrogen (secondary N) is 1. The molecule has 0 saturated carbocycles. The Balaban J connectivity index is 1.65. The van der Waals surface area contributed by atoms with Crippen LogP contribution in [0.4, 0.5) is 10.1 Å². The van der Waals surface area contributed by atoms with Crippen LogP contribution in [0.3, 0.4) is 0 Å². The van der Waals surface area contributed by atoms with Crippen molar-refractivity contribution in [2.24, 2.45) is 0 Å². The maximum atomic E-state index is 13.5. The summed E-state index contributed by atoms with van der Waals surface area (Å²) in [6.07, 6.45) is 0. The fourth-order valence-electron chi connectivity index (χ4n) is 2.22. The summed E-state index contributed by atoms with van der Waals surface area (Å²) in [6.45, 7) is 0. The zero-order chi connectivity index (χ0) is 19.4. The van der Waals surface area contributed by atoms with Crippen LogP contribution in [0.25, 0.3) is 11.4 Å². The fraction of sp³-hybridized carbons (Fsp3) is 0.118. The van der Waals surface area contributed by atoms with Gasteiger partial charge in [0.2, 0.25) is 17.6 Å². The van der Waals surface area contributed by atoms with Crippen molar-refractivity contribution in [2.45, 2.75) is 5.75 Å². The molecule has 7 nitrogen and oxygen atoms in total. The number of halogens is 2. The average Bonchev–Trinajstić information content (AvgIpc) is 3.04. The molecule has 0 fully saturated rings. The zero-order valence-corrected chi connectivity index (χ0v) is 15.3. The SMILES string of the molecule is O=C(CS(=O)(=O)Cc1nc(-c2ccc(Cl)cc2)no1)Nc1ccccc1F. The molecule has 1 amide bonds. The quantitative estimate of drug-likeness (QED) is 0.671. The van der Waals surface area contributed by atoms with Crippen molar-refractivity contribution in [3.05, 3.63) is 65.3 Å². The Hall–Kier alpha value is -2.78. The standard InChI is InChI=1S/C17H13ClFN3O4S/c18-12-7-5-11(6-8-12)17-21-16(26-22-17)10-27(24,25)9-15(23)20-14-4-2-1-3-13(14)19/h1-8H,9-10H2,(H,20,23). The highest BCUT2D eigenvalue weighted by atomic mass is 35.5. The molecule has 140 valence electrons. The minimum absolute atomic E-state index is 0.0967. The Morgan fingerprint density at radius 3 is 2.56 bits per heavy atom. The lowest BCUT2D eigenvalue weighted by Crippen LogP contribution is -2.24. The van der Waals surface area contributed by atoms with E-state index in [-0.39, 0.29) is 17.4 Å². The summed E-state index contributed by atoms with van der Waals surface area (Å²) in [5.74, 6) is -2.94. The molecule has 0 spiro atoms. The van der Waals surface area contributed by atoms with Gasteiger partial charge in [-0.15, -0.1) is 0 Å². The first-order valence-corrected chi connectivity index (χ1v) is 9.86. The van der Waals surface area contributed by atoms with E-state index in [1.165, 1.54) is 18.2 Å². The van der Waals surface area contributed by atoms with E-state index in [0.717, 1.165) is 6.07 Å². The van der Waals surface area contributed by atoms with Gasteiger partial charge in [0.15, 0.2) is 9.84 Å². The van der Waals surface area contributed by atoms with Crippen LogP contribution in [0.5, 0.6) is 0 Å². The Bertz CT molecular complexity index is 1070. The van der Waals surface area contributed by atoms with Gasteiger partial charge in [-0.25, -0.2) is 12.8 Å². The van der Waals surface area contributed by atoms with Crippen LogP contribution in [-0.4, -0.2) is 30.2 Å². The molecule has 0 bridgehead atoms. The Kier molecular flexibility index (Phi) is 5.52. The highest BCUT2D eigenvalue weighted by molar-refractivity contribution is 7.91. The van der Waals surface area contributed by atoms with Crippen molar-refractivity contribution in [1.29, 1.82) is 0 Å². The molecule has 0 radical (unpaired) electrons. The molecule has 1 heterocycles. The molecule has 1 aromatic heterocycles. The molecule has 1 N–H and O–H groups in total. The summed E-state index contributed by atoms with van der Waals surface area (Å²) in [5, 5.41) is 6.46. The number of anilines is 1. The van der Waals surface area contributed by atoms with Gasteiger partial charge in [0, 0.05) is 10.6 Å². The normalized spacial score (nSPS) is 11.3. The number of sulfone groups is 1. The molecule has 3 rings (SSSR count). The predicted octanol–water partition coefficient (Wildman–Crippen LogP) is 3.08. The summed E-state index contributed by atoms with van der Waals surface area (Å²) < 4.78 is 42.8. The summed E-state index contributed by atoms with van der Waals surface area (Å²) >= 11 is 5.80. The number of aromatic nitrogens is 2. The van der Waals surface area contributed by atoms with Gasteiger partial charge in [-0.2, -0.15) is 4.98 Å². The van der Waals surface area contributed by atoms with E-state index in [2.05, 4.69) is 15.5 Å². The third kappa shape index (κ3) is 5.11. The Labute approximate surface area is 159 Å². The fourth-order valence-corrected chi connectivity index (χ4v) is 3.41. The number of hydrogen-bond acceptors (Lipinski definition) is 6. The summed E-state index contributed by atoms with van der Waals surface area (Å²) in [7, 11) is -3.89. The second-order valence-electron chi connectivity index (χ2n) is 5.58. The van der Waals surface area contributed by atoms with Crippen molar-refractivity contribution >= 4 is 33.0 Å². The second-order valence-corrected chi connectivity index (χ2v) is 8.08. The molecule has 2 aromatic carbocycles. The average molecular weight is 410 g/mol. The molecular weight excluding hydrogens is 397 g/mol. The van der Waals surface area contributed by atoms with Gasteiger partial charge >= 0.3 is 0 Å². The number of nitrogens with zero attached hydrogens (tertiary/aromatic N) is 2. The number of para-hydroxylation sites is 1. The van der Waals surface area contributed by atoms with E-state index >= 15 is 0 Å². The van der Waals surface area contributed by atoms with Crippen LogP contribution in [0, 0.1) is 5.82 Å². The number of carbonyl (C=O) groups excluding carboxylic acids is 1. The van der Waals surface area contributed by atoms with Gasteiger partial charge in [0.1, 0.15) is 17.3 Å². The highest BCUT2D eigenvalue weighted by Crippen LogP contribution is 2.19. The Morgan fingerprint density at radius 1 is 1.15 bits per heavy atom. The topological polar surface area (TPSA) is 102 Å². The monoisotopic (exact) mass is 409 g/mol. The molecule has 0 atom stereocenters. The number of hydrogen-bond donors (Lipinski definition) is 1. The van der Waals surface area contributed by atoms with Crippen LogP contribution >= 0.6 is 11.6 Å². The van der Waals surface area contributed by atoms with Gasteiger partial charge in [-0.1, -0.05) is 28.9 Å². The molecule has 0 unspecified atom stereocenters. The predicted molar refractivity (Wildman–Crippen MR) is 97.3 cm³/mol. The molecule has 10 heteroatoms. The minimum atomic E-state index is -3.89. The zero-order valence-electron chi connectivity index (χ0n) is 13.7. The minimum Gasteiger partial charge on any atom is -0.338 e. The second kappa shape index (κ2) is 7.85. The Morgan fingerprint density at radius 2 is 1.85 bits per heavy atom. The maximum absolute atomic E-state index is 13.5. The van der Waals surface area contributed by atoms with Crippen LogP contribution < -0.4 is 5.32 Å². The lowest BCUT2D eigenvalue weighted by Gasteiger charge is -2.06.